The van der Waals surface area contributed by atoms with E-state index in [1.165, 1.54) is 0 Å². The lowest BCUT2D eigenvalue weighted by Crippen LogP contribution is -2.36. The molecule has 0 spiro atoms. The lowest BCUT2D eigenvalue weighted by Gasteiger charge is -2.15. The van der Waals surface area contributed by atoms with Crippen LogP contribution >= 0.6 is 0 Å². The predicted octanol–water partition coefficient (Wildman–Crippen LogP) is 0.691. The molecule has 0 aromatic carbocycles. The molecule has 1 fully saturated rings. The van der Waals surface area contributed by atoms with Gasteiger partial charge in [-0.15, -0.1) is 0 Å². The predicted molar refractivity (Wildman–Crippen MR) is 67.6 cm³/mol. The number of nitrogens with one attached hydrogen (secondary N) is 1. The van der Waals surface area contributed by atoms with Crippen molar-refractivity contribution >= 4 is 5.91 Å². The van der Waals surface area contributed by atoms with Gasteiger partial charge in [0.1, 0.15) is 11.5 Å². The van der Waals surface area contributed by atoms with Crippen molar-refractivity contribution in [2.24, 2.45) is 0 Å². The molecular formula is C13H20N2O3. The summed E-state index contributed by atoms with van der Waals surface area (Å²) in [7, 11) is 1.96. The van der Waals surface area contributed by atoms with Crippen molar-refractivity contribution in [1.29, 1.82) is 0 Å². The van der Waals surface area contributed by atoms with Crippen LogP contribution in [0.15, 0.2) is 10.5 Å². The van der Waals surface area contributed by atoms with E-state index in [2.05, 4.69) is 10.2 Å². The van der Waals surface area contributed by atoms with Crippen LogP contribution in [-0.2, 0) is 0 Å². The molecule has 2 heterocycles. The Morgan fingerprint density at radius 2 is 2.33 bits per heavy atom. The number of hydrogen-bond acceptors (Lipinski definition) is 4. The highest BCUT2D eigenvalue weighted by Gasteiger charge is 2.30. The minimum atomic E-state index is -0.0960. The van der Waals surface area contributed by atoms with Gasteiger partial charge < -0.3 is 14.8 Å². The van der Waals surface area contributed by atoms with Crippen LogP contribution in [-0.4, -0.2) is 48.2 Å². The van der Waals surface area contributed by atoms with E-state index in [1.54, 1.807) is 13.0 Å². The molecule has 1 aromatic rings. The van der Waals surface area contributed by atoms with E-state index >= 15 is 0 Å². The number of carbonyl (C=O) groups is 1. The lowest BCUT2D eigenvalue weighted by atomic mass is 10.1. The van der Waals surface area contributed by atoms with E-state index in [1.807, 2.05) is 14.0 Å². The molecule has 0 aliphatic carbocycles. The fourth-order valence-electron chi connectivity index (χ4n) is 2.52. The van der Waals surface area contributed by atoms with Crippen molar-refractivity contribution in [3.63, 3.8) is 0 Å². The highest BCUT2D eigenvalue weighted by atomic mass is 16.3. The van der Waals surface area contributed by atoms with Crippen LogP contribution in [0, 0.1) is 13.8 Å². The topological polar surface area (TPSA) is 65.7 Å². The molecule has 5 heteroatoms. The van der Waals surface area contributed by atoms with Gasteiger partial charge in [-0.05, 0) is 33.4 Å². The molecule has 1 saturated heterocycles. The van der Waals surface area contributed by atoms with Gasteiger partial charge in [-0.2, -0.15) is 0 Å². The number of likely N-dealkylation sites (N-methyl/N-ethyl adjacent to an activating group) is 1. The third kappa shape index (κ3) is 2.57. The fraction of sp³-hybridized carbons (Fsp3) is 0.615. The summed E-state index contributed by atoms with van der Waals surface area (Å²) in [4.78, 5) is 14.2. The van der Waals surface area contributed by atoms with Crippen molar-refractivity contribution in [3.8, 4) is 0 Å². The van der Waals surface area contributed by atoms with Gasteiger partial charge in [0.2, 0.25) is 0 Å². The first-order valence-corrected chi connectivity index (χ1v) is 6.20. The number of nitrogens with zero attached hydrogens (tertiary/aromatic N) is 1. The average molecular weight is 252 g/mol. The number of rotatable bonds is 3. The Hall–Kier alpha value is -1.33. The van der Waals surface area contributed by atoms with Gasteiger partial charge in [-0.25, -0.2) is 0 Å². The molecule has 0 saturated carbocycles. The van der Waals surface area contributed by atoms with E-state index in [4.69, 9.17) is 4.42 Å². The fourth-order valence-corrected chi connectivity index (χ4v) is 2.52. The van der Waals surface area contributed by atoms with Crippen LogP contribution in [0.4, 0.5) is 0 Å². The third-order valence-corrected chi connectivity index (χ3v) is 3.52. The first-order chi connectivity index (χ1) is 8.51. The summed E-state index contributed by atoms with van der Waals surface area (Å²) in [6.07, 6.45) is 0.786. The summed E-state index contributed by atoms with van der Waals surface area (Å²) in [5.41, 5.74) is 0.600. The molecule has 0 unspecified atom stereocenters. The average Bonchev–Trinajstić information content (AvgIpc) is 2.81. The number of carbonyl (C=O) groups excluding carboxylic acids is 1. The minimum Gasteiger partial charge on any atom is -0.466 e. The maximum absolute atomic E-state index is 12.1. The van der Waals surface area contributed by atoms with Gasteiger partial charge in [0.15, 0.2) is 0 Å². The molecule has 2 atom stereocenters. The van der Waals surface area contributed by atoms with E-state index in [0.717, 1.165) is 18.7 Å². The van der Waals surface area contributed by atoms with Crippen molar-refractivity contribution in [1.82, 2.24) is 10.2 Å². The quantitative estimate of drug-likeness (QED) is 0.830. The van der Waals surface area contributed by atoms with Crippen LogP contribution in [0.2, 0.25) is 0 Å². The van der Waals surface area contributed by atoms with Crippen LogP contribution < -0.4 is 5.32 Å². The second kappa shape index (κ2) is 5.12. The van der Waals surface area contributed by atoms with Crippen molar-refractivity contribution in [2.45, 2.75) is 32.4 Å². The summed E-state index contributed by atoms with van der Waals surface area (Å²) >= 11 is 0. The Morgan fingerprint density at radius 3 is 2.83 bits per heavy atom. The molecule has 5 nitrogen and oxygen atoms in total. The van der Waals surface area contributed by atoms with Crippen molar-refractivity contribution < 1.29 is 14.3 Å². The second-order valence-corrected chi connectivity index (χ2v) is 5.01. The second-order valence-electron chi connectivity index (χ2n) is 5.01. The Morgan fingerprint density at radius 1 is 1.61 bits per heavy atom. The number of aliphatic hydroxyl groups is 1. The highest BCUT2D eigenvalue weighted by molar-refractivity contribution is 5.95. The number of likely N-dealkylation sites (tertiary alicyclic amines) is 1. The number of hydrogen-bond donors (Lipinski definition) is 2. The Kier molecular flexibility index (Phi) is 3.73. The molecule has 1 amide bonds. The summed E-state index contributed by atoms with van der Waals surface area (Å²) in [5.74, 6) is 1.30. The van der Waals surface area contributed by atoms with E-state index in [-0.39, 0.29) is 24.6 Å². The van der Waals surface area contributed by atoms with Gasteiger partial charge in [-0.1, -0.05) is 0 Å². The zero-order valence-corrected chi connectivity index (χ0v) is 11.1. The van der Waals surface area contributed by atoms with Gasteiger partial charge in [0.05, 0.1) is 12.2 Å². The third-order valence-electron chi connectivity index (χ3n) is 3.52. The van der Waals surface area contributed by atoms with Crippen molar-refractivity contribution in [3.05, 3.63) is 23.2 Å². The molecule has 1 aliphatic heterocycles. The standard InChI is InChI=1S/C13H20N2O3/c1-8-4-12(9(2)18-8)13(17)14-10-5-11(7-16)15(3)6-10/h4,10-11,16H,5-7H2,1-3H3,(H,14,17)/t10-,11+/m1/s1. The Bertz CT molecular complexity index is 441. The number of furan rings is 1. The monoisotopic (exact) mass is 252 g/mol. The van der Waals surface area contributed by atoms with Crippen LogP contribution in [0.25, 0.3) is 0 Å². The summed E-state index contributed by atoms with van der Waals surface area (Å²) in [6, 6.07) is 1.99. The van der Waals surface area contributed by atoms with Gasteiger partial charge in [0.25, 0.3) is 5.91 Å². The molecule has 18 heavy (non-hydrogen) atoms. The zero-order valence-electron chi connectivity index (χ0n) is 11.1. The van der Waals surface area contributed by atoms with Gasteiger partial charge in [-0.3, -0.25) is 9.69 Å². The molecule has 100 valence electrons. The molecule has 2 rings (SSSR count). The van der Waals surface area contributed by atoms with Crippen LogP contribution in [0.3, 0.4) is 0 Å². The van der Waals surface area contributed by atoms with E-state index in [0.29, 0.717) is 11.3 Å². The largest absolute Gasteiger partial charge is 0.466 e. The SMILES string of the molecule is Cc1cc(C(=O)N[C@@H]2C[C@@H](CO)N(C)C2)c(C)o1. The van der Waals surface area contributed by atoms with Gasteiger partial charge in [0, 0.05) is 18.6 Å². The number of amides is 1. The number of aliphatic hydroxyl groups excluding tert-OH is 1. The Labute approximate surface area is 107 Å². The minimum absolute atomic E-state index is 0.0919. The molecular weight excluding hydrogens is 232 g/mol. The first-order valence-electron chi connectivity index (χ1n) is 6.20. The maximum atomic E-state index is 12.1. The highest BCUT2D eigenvalue weighted by Crippen LogP contribution is 2.17. The Balaban J connectivity index is 1.99. The molecule has 1 aliphatic rings. The van der Waals surface area contributed by atoms with Gasteiger partial charge >= 0.3 is 0 Å². The number of aryl methyl sites for hydroxylation is 2. The smallest absolute Gasteiger partial charge is 0.255 e. The molecule has 2 N–H and O–H groups in total. The maximum Gasteiger partial charge on any atom is 0.255 e. The summed E-state index contributed by atoms with van der Waals surface area (Å²) in [5, 5.41) is 12.2. The normalized spacial score (nSPS) is 24.4. The van der Waals surface area contributed by atoms with E-state index in [9.17, 15) is 9.90 Å². The van der Waals surface area contributed by atoms with Crippen molar-refractivity contribution in [2.75, 3.05) is 20.2 Å². The molecule has 1 aromatic heterocycles. The molecule has 0 bridgehead atoms. The van der Waals surface area contributed by atoms with Crippen LogP contribution in [0.5, 0.6) is 0 Å². The summed E-state index contributed by atoms with van der Waals surface area (Å²) < 4.78 is 5.35. The zero-order chi connectivity index (χ0) is 13.3. The van der Waals surface area contributed by atoms with Crippen LogP contribution in [0.1, 0.15) is 28.3 Å². The summed E-state index contributed by atoms with van der Waals surface area (Å²) in [6.45, 7) is 4.52. The first kappa shape index (κ1) is 13.1. The van der Waals surface area contributed by atoms with E-state index < -0.39 is 0 Å². The lowest BCUT2D eigenvalue weighted by molar-refractivity contribution is 0.0936. The molecule has 0 radical (unpaired) electrons.